The van der Waals surface area contributed by atoms with Crippen molar-refractivity contribution in [2.45, 2.75) is 5.41 Å². The number of hydrogen-bond donors (Lipinski definition) is 0. The molecule has 1 aromatic heterocycles. The van der Waals surface area contributed by atoms with Gasteiger partial charge in [0.15, 0.2) is 0 Å². The maximum absolute atomic E-state index is 3.81. The standard InChI is InChI=1S/C33H18Br2S/c34-21-13-11-19-9-10-20-12-14-22(35)16-29(20)33(28(19)15-21)27-7-3-1-5-23(27)25-17-26-24-6-2-4-8-31(24)36-32(26)18-30(25)33/h1-18H. The Labute approximate surface area is 230 Å². The van der Waals surface area contributed by atoms with Gasteiger partial charge in [0.05, 0.1) is 5.41 Å². The van der Waals surface area contributed by atoms with Gasteiger partial charge in [0.1, 0.15) is 0 Å². The summed E-state index contributed by atoms with van der Waals surface area (Å²) in [5, 5.41) is 2.68. The zero-order valence-electron chi connectivity index (χ0n) is 19.1. The number of hydrogen-bond acceptors (Lipinski definition) is 1. The van der Waals surface area contributed by atoms with Crippen LogP contribution in [0.4, 0.5) is 0 Å². The van der Waals surface area contributed by atoms with Gasteiger partial charge in [0.2, 0.25) is 0 Å². The third-order valence-corrected chi connectivity index (χ3v) is 9.94. The van der Waals surface area contributed by atoms with Gasteiger partial charge in [-0.05, 0) is 87.0 Å². The zero-order chi connectivity index (χ0) is 24.0. The second kappa shape index (κ2) is 7.52. The maximum atomic E-state index is 3.81. The first-order valence-corrected chi connectivity index (χ1v) is 14.4. The Morgan fingerprint density at radius 3 is 1.92 bits per heavy atom. The molecule has 0 bridgehead atoms. The molecule has 6 aromatic rings. The molecular weight excluding hydrogens is 588 g/mol. The summed E-state index contributed by atoms with van der Waals surface area (Å²) in [6.07, 6.45) is 4.56. The van der Waals surface area contributed by atoms with Crippen LogP contribution < -0.4 is 0 Å². The van der Waals surface area contributed by atoms with E-state index < -0.39 is 5.41 Å². The van der Waals surface area contributed by atoms with Gasteiger partial charge in [-0.2, -0.15) is 0 Å². The SMILES string of the molecule is Brc1ccc2c(c1)C1(c3cc(Br)ccc3C=C2)c2ccccc2-c2cc3c(cc21)sc1ccccc13. The lowest BCUT2D eigenvalue weighted by molar-refractivity contribution is 0.766. The lowest BCUT2D eigenvalue weighted by Crippen LogP contribution is -2.30. The molecule has 0 atom stereocenters. The molecule has 8 rings (SSSR count). The molecule has 0 saturated heterocycles. The van der Waals surface area contributed by atoms with Crippen LogP contribution in [0.15, 0.2) is 106 Å². The summed E-state index contributed by atoms with van der Waals surface area (Å²) in [6, 6.07) is 36.2. The second-order valence-electron chi connectivity index (χ2n) is 9.58. The summed E-state index contributed by atoms with van der Waals surface area (Å²) in [7, 11) is 0. The Morgan fingerprint density at radius 1 is 0.500 bits per heavy atom. The molecule has 2 aliphatic carbocycles. The first kappa shape index (κ1) is 21.1. The molecule has 0 saturated carbocycles. The Balaban J connectivity index is 1.62. The highest BCUT2D eigenvalue weighted by Gasteiger charge is 2.48. The monoisotopic (exact) mass is 604 g/mol. The van der Waals surface area contributed by atoms with Gasteiger partial charge in [-0.1, -0.05) is 98.6 Å². The van der Waals surface area contributed by atoms with Crippen molar-refractivity contribution in [1.29, 1.82) is 0 Å². The topological polar surface area (TPSA) is 0 Å². The molecule has 170 valence electrons. The molecule has 0 radical (unpaired) electrons. The minimum atomic E-state index is -0.419. The molecule has 0 aliphatic heterocycles. The van der Waals surface area contributed by atoms with Crippen LogP contribution in [0, 0.1) is 0 Å². The molecule has 2 aliphatic rings. The molecule has 3 heteroatoms. The number of fused-ring (bicyclic) bond motifs is 12. The number of halogens is 2. The fourth-order valence-corrected chi connectivity index (χ4v) is 8.25. The van der Waals surface area contributed by atoms with Crippen molar-refractivity contribution in [2.75, 3.05) is 0 Å². The first-order chi connectivity index (χ1) is 17.6. The van der Waals surface area contributed by atoms with Gasteiger partial charge in [-0.3, -0.25) is 0 Å². The van der Waals surface area contributed by atoms with Crippen molar-refractivity contribution in [1.82, 2.24) is 0 Å². The van der Waals surface area contributed by atoms with Crippen LogP contribution in [0.1, 0.15) is 33.4 Å². The highest BCUT2D eigenvalue weighted by molar-refractivity contribution is 9.10. The largest absolute Gasteiger partial charge is 0.135 e. The van der Waals surface area contributed by atoms with Crippen molar-refractivity contribution in [3.05, 3.63) is 139 Å². The van der Waals surface area contributed by atoms with Gasteiger partial charge in [-0.25, -0.2) is 0 Å². The lowest BCUT2D eigenvalue weighted by Gasteiger charge is -2.35. The van der Waals surface area contributed by atoms with Crippen LogP contribution in [0.2, 0.25) is 0 Å². The quantitative estimate of drug-likeness (QED) is 0.161. The van der Waals surface area contributed by atoms with Gasteiger partial charge >= 0.3 is 0 Å². The maximum Gasteiger partial charge on any atom is 0.0726 e. The molecule has 5 aromatic carbocycles. The van der Waals surface area contributed by atoms with E-state index in [1.54, 1.807) is 0 Å². The average Bonchev–Trinajstić information content (AvgIpc) is 3.35. The zero-order valence-corrected chi connectivity index (χ0v) is 23.0. The normalized spacial score (nSPS) is 14.5. The van der Waals surface area contributed by atoms with E-state index in [1.165, 1.54) is 64.7 Å². The Hall–Kier alpha value is -2.98. The third-order valence-electron chi connectivity index (χ3n) is 7.82. The van der Waals surface area contributed by atoms with E-state index in [4.69, 9.17) is 0 Å². The van der Waals surface area contributed by atoms with Crippen LogP contribution in [-0.2, 0) is 5.41 Å². The van der Waals surface area contributed by atoms with E-state index >= 15 is 0 Å². The van der Waals surface area contributed by atoms with E-state index in [2.05, 4.69) is 141 Å². The summed E-state index contributed by atoms with van der Waals surface area (Å²) in [5.41, 5.74) is 10.1. The van der Waals surface area contributed by atoms with Crippen molar-refractivity contribution >= 4 is 75.5 Å². The summed E-state index contributed by atoms with van der Waals surface area (Å²) in [4.78, 5) is 0. The summed E-state index contributed by atoms with van der Waals surface area (Å²) in [6.45, 7) is 0. The van der Waals surface area contributed by atoms with Crippen LogP contribution >= 0.6 is 43.2 Å². The predicted molar refractivity (Wildman–Crippen MR) is 161 cm³/mol. The minimum absolute atomic E-state index is 0.419. The van der Waals surface area contributed by atoms with E-state index in [0.717, 1.165) is 8.95 Å². The second-order valence-corrected chi connectivity index (χ2v) is 12.5. The predicted octanol–water partition coefficient (Wildman–Crippen LogP) is 10.4. The fourth-order valence-electron chi connectivity index (χ4n) is 6.40. The molecule has 0 nitrogen and oxygen atoms in total. The van der Waals surface area contributed by atoms with Gasteiger partial charge in [-0.15, -0.1) is 11.3 Å². The summed E-state index contributed by atoms with van der Waals surface area (Å²) >= 11 is 9.52. The molecule has 1 heterocycles. The van der Waals surface area contributed by atoms with Gasteiger partial charge in [0, 0.05) is 29.1 Å². The lowest BCUT2D eigenvalue weighted by atomic mass is 9.66. The highest BCUT2D eigenvalue weighted by Crippen LogP contribution is 2.60. The number of thiophene rings is 1. The number of rotatable bonds is 0. The number of benzene rings is 5. The van der Waals surface area contributed by atoms with Crippen molar-refractivity contribution in [2.24, 2.45) is 0 Å². The van der Waals surface area contributed by atoms with Gasteiger partial charge in [0.25, 0.3) is 0 Å². The van der Waals surface area contributed by atoms with E-state index in [1.807, 2.05) is 11.3 Å². The summed E-state index contributed by atoms with van der Waals surface area (Å²) < 4.78 is 4.88. The molecule has 36 heavy (non-hydrogen) atoms. The summed E-state index contributed by atoms with van der Waals surface area (Å²) in [5.74, 6) is 0. The van der Waals surface area contributed by atoms with Crippen LogP contribution in [0.3, 0.4) is 0 Å². The van der Waals surface area contributed by atoms with E-state index in [9.17, 15) is 0 Å². The Bertz CT molecular complexity index is 1870. The van der Waals surface area contributed by atoms with Crippen LogP contribution in [0.25, 0.3) is 43.5 Å². The van der Waals surface area contributed by atoms with Crippen molar-refractivity contribution in [3.63, 3.8) is 0 Å². The molecular formula is C33H18Br2S. The fraction of sp³-hybridized carbons (Fsp3) is 0.0303. The van der Waals surface area contributed by atoms with Crippen molar-refractivity contribution < 1.29 is 0 Å². The Kier molecular flexibility index (Phi) is 4.41. The minimum Gasteiger partial charge on any atom is -0.135 e. The van der Waals surface area contributed by atoms with Gasteiger partial charge < -0.3 is 0 Å². The average molecular weight is 606 g/mol. The van der Waals surface area contributed by atoms with Crippen LogP contribution in [-0.4, -0.2) is 0 Å². The highest BCUT2D eigenvalue weighted by atomic mass is 79.9. The molecule has 1 spiro atoms. The molecule has 0 amide bonds. The molecule has 0 N–H and O–H groups in total. The molecule has 0 unspecified atom stereocenters. The smallest absolute Gasteiger partial charge is 0.0726 e. The van der Waals surface area contributed by atoms with Crippen molar-refractivity contribution in [3.8, 4) is 11.1 Å². The molecule has 0 fully saturated rings. The first-order valence-electron chi connectivity index (χ1n) is 12.0. The third kappa shape index (κ3) is 2.69. The van der Waals surface area contributed by atoms with E-state index in [-0.39, 0.29) is 0 Å². The van der Waals surface area contributed by atoms with Crippen LogP contribution in [0.5, 0.6) is 0 Å². The van der Waals surface area contributed by atoms with E-state index in [0.29, 0.717) is 0 Å². The Morgan fingerprint density at radius 2 is 1.17 bits per heavy atom.